The summed E-state index contributed by atoms with van der Waals surface area (Å²) in [6.45, 7) is 1.40. The van der Waals surface area contributed by atoms with Gasteiger partial charge in [0.1, 0.15) is 18.1 Å². The lowest BCUT2D eigenvalue weighted by Crippen LogP contribution is -2.36. The molecule has 2 aromatic rings. The highest BCUT2D eigenvalue weighted by Crippen LogP contribution is 2.23. The van der Waals surface area contributed by atoms with E-state index in [1.165, 1.54) is 6.07 Å². The van der Waals surface area contributed by atoms with E-state index in [4.69, 9.17) is 9.15 Å². The van der Waals surface area contributed by atoms with Gasteiger partial charge in [0.25, 0.3) is 6.43 Å². The molecule has 142 valence electrons. The number of aryl methyl sites for hydroxylation is 1. The topological polar surface area (TPSA) is 66.7 Å². The van der Waals surface area contributed by atoms with Crippen LogP contribution >= 0.6 is 0 Å². The van der Waals surface area contributed by atoms with E-state index in [-0.39, 0.29) is 6.04 Å². The molecule has 0 fully saturated rings. The Labute approximate surface area is 151 Å². The second-order valence-corrected chi connectivity index (χ2v) is 6.01. The van der Waals surface area contributed by atoms with Crippen LogP contribution in [0.25, 0.3) is 0 Å². The number of carbonyl (C=O) groups excluding carboxylic acids is 1. The summed E-state index contributed by atoms with van der Waals surface area (Å²) in [4.78, 5) is 14.1. The molecule has 0 aliphatic rings. The van der Waals surface area contributed by atoms with Crippen molar-refractivity contribution in [2.75, 3.05) is 32.6 Å². The Morgan fingerprint density at radius 3 is 2.69 bits per heavy atom. The molecule has 1 aromatic carbocycles. The SMILES string of the molecule is Cc1ccc(NC(=O)NCC(c2ccco2)N(C)C)cc1OCC(F)F. The van der Waals surface area contributed by atoms with Crippen molar-refractivity contribution in [3.05, 3.63) is 47.9 Å². The minimum absolute atomic E-state index is 0.112. The maximum absolute atomic E-state index is 12.3. The van der Waals surface area contributed by atoms with Gasteiger partial charge in [-0.25, -0.2) is 13.6 Å². The van der Waals surface area contributed by atoms with Crippen molar-refractivity contribution in [2.24, 2.45) is 0 Å². The summed E-state index contributed by atoms with van der Waals surface area (Å²) in [5.41, 5.74) is 1.17. The zero-order valence-corrected chi connectivity index (χ0v) is 15.0. The number of halogens is 2. The maximum Gasteiger partial charge on any atom is 0.319 e. The van der Waals surface area contributed by atoms with Crippen LogP contribution in [0.3, 0.4) is 0 Å². The minimum atomic E-state index is -2.56. The van der Waals surface area contributed by atoms with Crippen molar-refractivity contribution >= 4 is 11.7 Å². The van der Waals surface area contributed by atoms with Gasteiger partial charge in [0.15, 0.2) is 0 Å². The fourth-order valence-corrected chi connectivity index (χ4v) is 2.37. The molecule has 1 unspecified atom stereocenters. The highest BCUT2D eigenvalue weighted by molar-refractivity contribution is 5.89. The van der Waals surface area contributed by atoms with E-state index >= 15 is 0 Å². The normalized spacial score (nSPS) is 12.3. The summed E-state index contributed by atoms with van der Waals surface area (Å²) in [5, 5.41) is 5.44. The smallest absolute Gasteiger partial charge is 0.319 e. The van der Waals surface area contributed by atoms with Crippen LogP contribution in [0, 0.1) is 6.92 Å². The number of urea groups is 1. The molecule has 6 nitrogen and oxygen atoms in total. The first-order valence-electron chi connectivity index (χ1n) is 8.13. The molecule has 2 rings (SSSR count). The van der Waals surface area contributed by atoms with Crippen LogP contribution in [0.4, 0.5) is 19.3 Å². The van der Waals surface area contributed by atoms with E-state index in [9.17, 15) is 13.6 Å². The second kappa shape index (κ2) is 9.19. The van der Waals surface area contributed by atoms with Crippen molar-refractivity contribution in [3.8, 4) is 5.75 Å². The van der Waals surface area contributed by atoms with Gasteiger partial charge >= 0.3 is 6.03 Å². The third-order valence-electron chi connectivity index (χ3n) is 3.76. The first-order valence-corrected chi connectivity index (χ1v) is 8.13. The molecule has 1 aromatic heterocycles. The first kappa shape index (κ1) is 19.7. The number of rotatable bonds is 8. The van der Waals surface area contributed by atoms with Crippen molar-refractivity contribution in [1.82, 2.24) is 10.2 Å². The van der Waals surface area contributed by atoms with Crippen molar-refractivity contribution in [1.29, 1.82) is 0 Å². The third-order valence-corrected chi connectivity index (χ3v) is 3.76. The number of amides is 2. The maximum atomic E-state index is 12.3. The molecule has 0 saturated carbocycles. The van der Waals surface area contributed by atoms with Gasteiger partial charge < -0.3 is 19.8 Å². The van der Waals surface area contributed by atoms with Crippen LogP contribution in [-0.2, 0) is 0 Å². The summed E-state index contributed by atoms with van der Waals surface area (Å²) < 4.78 is 35.1. The summed E-state index contributed by atoms with van der Waals surface area (Å²) in [7, 11) is 3.78. The molecule has 1 heterocycles. The Hall–Kier alpha value is -2.61. The van der Waals surface area contributed by atoms with Crippen molar-refractivity contribution < 1.29 is 22.7 Å². The number of nitrogens with one attached hydrogen (secondary N) is 2. The number of hydrogen-bond acceptors (Lipinski definition) is 4. The van der Waals surface area contributed by atoms with E-state index in [0.29, 0.717) is 23.5 Å². The number of benzene rings is 1. The number of furan rings is 1. The Kier molecular flexibility index (Phi) is 6.97. The number of alkyl halides is 2. The summed E-state index contributed by atoms with van der Waals surface area (Å²) in [6.07, 6.45) is -0.974. The van der Waals surface area contributed by atoms with Gasteiger partial charge in [0, 0.05) is 18.3 Å². The number of ether oxygens (including phenoxy) is 1. The van der Waals surface area contributed by atoms with Gasteiger partial charge in [-0.05, 0) is 44.8 Å². The summed E-state index contributed by atoms with van der Waals surface area (Å²) in [6, 6.07) is 8.01. The zero-order chi connectivity index (χ0) is 19.1. The average Bonchev–Trinajstić information content (AvgIpc) is 3.09. The van der Waals surface area contributed by atoms with Gasteiger partial charge in [0.2, 0.25) is 0 Å². The Bertz CT molecular complexity index is 706. The van der Waals surface area contributed by atoms with E-state index < -0.39 is 19.1 Å². The fourth-order valence-electron chi connectivity index (χ4n) is 2.37. The molecule has 8 heteroatoms. The molecule has 0 radical (unpaired) electrons. The van der Waals surface area contributed by atoms with Gasteiger partial charge in [0.05, 0.1) is 12.3 Å². The van der Waals surface area contributed by atoms with Gasteiger partial charge in [-0.2, -0.15) is 0 Å². The van der Waals surface area contributed by atoms with Crippen LogP contribution in [0.5, 0.6) is 5.75 Å². The van der Waals surface area contributed by atoms with E-state index in [1.807, 2.05) is 25.1 Å². The molecule has 1 atom stereocenters. The average molecular weight is 367 g/mol. The minimum Gasteiger partial charge on any atom is -0.487 e. The highest BCUT2D eigenvalue weighted by atomic mass is 19.3. The zero-order valence-electron chi connectivity index (χ0n) is 15.0. The molecule has 0 aliphatic heterocycles. The summed E-state index contributed by atoms with van der Waals surface area (Å²) in [5.74, 6) is 1.05. The lowest BCUT2D eigenvalue weighted by Gasteiger charge is -2.22. The highest BCUT2D eigenvalue weighted by Gasteiger charge is 2.18. The van der Waals surface area contributed by atoms with Crippen LogP contribution in [0.1, 0.15) is 17.4 Å². The quantitative estimate of drug-likeness (QED) is 0.747. The second-order valence-electron chi connectivity index (χ2n) is 6.01. The number of carbonyl (C=O) groups is 1. The van der Waals surface area contributed by atoms with Crippen LogP contribution < -0.4 is 15.4 Å². The molecular formula is C18H23F2N3O3. The number of nitrogens with zero attached hydrogens (tertiary/aromatic N) is 1. The fraction of sp³-hybridized carbons (Fsp3) is 0.389. The Morgan fingerprint density at radius 1 is 1.31 bits per heavy atom. The molecule has 2 N–H and O–H groups in total. The van der Waals surface area contributed by atoms with Crippen molar-refractivity contribution in [3.63, 3.8) is 0 Å². The lowest BCUT2D eigenvalue weighted by molar-refractivity contribution is 0.0816. The number of likely N-dealkylation sites (N-methyl/N-ethyl adjacent to an activating group) is 1. The van der Waals surface area contributed by atoms with Gasteiger partial charge in [-0.15, -0.1) is 0 Å². The predicted octanol–water partition coefficient (Wildman–Crippen LogP) is 3.66. The molecule has 0 aliphatic carbocycles. The standard InChI is InChI=1S/C18H23F2N3O3/c1-12-6-7-13(9-16(12)26-11-17(19)20)22-18(24)21-10-14(23(2)3)15-5-4-8-25-15/h4-9,14,17H,10-11H2,1-3H3,(H2,21,22,24). The molecule has 26 heavy (non-hydrogen) atoms. The Morgan fingerprint density at radius 2 is 2.08 bits per heavy atom. The molecule has 0 spiro atoms. The number of anilines is 1. The Balaban J connectivity index is 1.93. The lowest BCUT2D eigenvalue weighted by atomic mass is 10.2. The van der Waals surface area contributed by atoms with Crippen LogP contribution in [-0.4, -0.2) is 44.6 Å². The first-order chi connectivity index (χ1) is 12.4. The predicted molar refractivity (Wildman–Crippen MR) is 94.8 cm³/mol. The van der Waals surface area contributed by atoms with Crippen molar-refractivity contribution in [2.45, 2.75) is 19.4 Å². The molecule has 0 bridgehead atoms. The largest absolute Gasteiger partial charge is 0.487 e. The third kappa shape index (κ3) is 5.73. The van der Waals surface area contributed by atoms with E-state index in [0.717, 1.165) is 5.76 Å². The number of hydrogen-bond donors (Lipinski definition) is 2. The van der Waals surface area contributed by atoms with E-state index in [2.05, 4.69) is 10.6 Å². The molecular weight excluding hydrogens is 344 g/mol. The molecule has 0 saturated heterocycles. The van der Waals surface area contributed by atoms with Gasteiger partial charge in [-0.1, -0.05) is 6.07 Å². The van der Waals surface area contributed by atoms with E-state index in [1.54, 1.807) is 31.4 Å². The summed E-state index contributed by atoms with van der Waals surface area (Å²) >= 11 is 0. The van der Waals surface area contributed by atoms with Gasteiger partial charge in [-0.3, -0.25) is 4.90 Å². The monoisotopic (exact) mass is 367 g/mol. The van der Waals surface area contributed by atoms with Crippen LogP contribution in [0.2, 0.25) is 0 Å². The van der Waals surface area contributed by atoms with Crippen LogP contribution in [0.15, 0.2) is 41.0 Å². The molecule has 2 amide bonds.